The summed E-state index contributed by atoms with van der Waals surface area (Å²) in [6.45, 7) is 33.1. The Labute approximate surface area is 267 Å². The Morgan fingerprint density at radius 2 is 0.857 bits per heavy atom. The topological polar surface area (TPSA) is 0 Å². The van der Waals surface area contributed by atoms with Crippen LogP contribution >= 0.6 is 17.0 Å². The molecule has 0 fully saturated rings. The van der Waals surface area contributed by atoms with Crippen LogP contribution in [0.15, 0.2) is 35.4 Å². The zero-order chi connectivity index (χ0) is 31.7. The van der Waals surface area contributed by atoms with Gasteiger partial charge in [0.2, 0.25) is 0 Å². The molecule has 4 heteroatoms. The summed E-state index contributed by atoms with van der Waals surface area (Å²) in [4.78, 5) is 0. The predicted octanol–water partition coefficient (Wildman–Crippen LogP) is 13.0. The summed E-state index contributed by atoms with van der Waals surface area (Å²) in [5.74, 6) is 0.995. The minimum absolute atomic E-state index is 0.149. The molecule has 2 aliphatic carbocycles. The van der Waals surface area contributed by atoms with E-state index in [0.29, 0.717) is 35.5 Å². The van der Waals surface area contributed by atoms with Gasteiger partial charge in [0.15, 0.2) is 0 Å². The number of halogens is 2. The van der Waals surface area contributed by atoms with Crippen LogP contribution in [-0.4, -0.2) is 5.92 Å². The Morgan fingerprint density at radius 1 is 0.524 bits per heavy atom. The van der Waals surface area contributed by atoms with Gasteiger partial charge >= 0.3 is 270 Å². The van der Waals surface area contributed by atoms with E-state index in [1.807, 2.05) is 0 Å². The van der Waals surface area contributed by atoms with Crippen molar-refractivity contribution in [1.82, 2.24) is 0 Å². The van der Waals surface area contributed by atoms with Crippen molar-refractivity contribution in [3.05, 3.63) is 79.9 Å². The van der Waals surface area contributed by atoms with E-state index in [1.165, 1.54) is 55.7 Å². The molecule has 0 nitrogen and oxygen atoms in total. The van der Waals surface area contributed by atoms with Crippen molar-refractivity contribution in [3.8, 4) is 0 Å². The maximum atomic E-state index is 8.76. The molecule has 0 N–H and O–H groups in total. The van der Waals surface area contributed by atoms with Crippen LogP contribution in [0.1, 0.15) is 159 Å². The molecular weight excluding hydrogens is 647 g/mol. The molecule has 0 bridgehead atoms. The number of benzene rings is 2. The normalized spacial score (nSPS) is 19.8. The van der Waals surface area contributed by atoms with E-state index >= 15 is 0 Å². The van der Waals surface area contributed by atoms with Crippen LogP contribution in [-0.2, 0) is 15.6 Å². The standard InChI is InChI=1S/2C18H25.C2H7Si.2ClH.Zr/c2*1-11(2)14-7-16-8-15(12(3)4)10-18(16)17(9-14)13(5)6;1-3-2;;;/h2*7-13H,1-6H3;3H,1-2H3;2*1H;/q;;;;;+2/p-2. The minimum atomic E-state index is -4.82. The average molecular weight is 704 g/mol. The molecule has 2 atom stereocenters. The molecule has 0 saturated carbocycles. The van der Waals surface area contributed by atoms with Crippen molar-refractivity contribution in [2.45, 2.75) is 127 Å². The molecule has 0 spiro atoms. The van der Waals surface area contributed by atoms with Crippen molar-refractivity contribution in [2.75, 3.05) is 0 Å². The number of hydrogen-bond acceptors (Lipinski definition) is 0. The number of fused-ring (bicyclic) bond motifs is 2. The van der Waals surface area contributed by atoms with Gasteiger partial charge in [-0.15, -0.1) is 0 Å². The zero-order valence-electron chi connectivity index (χ0n) is 28.9. The number of rotatable bonds is 9. The van der Waals surface area contributed by atoms with Crippen LogP contribution in [0, 0.1) is 11.8 Å². The number of hydrogen-bond donors (Lipinski definition) is 0. The Bertz CT molecular complexity index is 1320. The van der Waals surface area contributed by atoms with Gasteiger partial charge in [0.1, 0.15) is 0 Å². The fourth-order valence-corrected chi connectivity index (χ4v) is 39.2. The first-order chi connectivity index (χ1) is 19.3. The summed E-state index contributed by atoms with van der Waals surface area (Å²) in [5.41, 5.74) is 14.5. The molecule has 0 radical (unpaired) electrons. The van der Waals surface area contributed by atoms with Gasteiger partial charge in [-0.2, -0.15) is 0 Å². The van der Waals surface area contributed by atoms with E-state index in [1.54, 1.807) is 0 Å². The van der Waals surface area contributed by atoms with Crippen molar-refractivity contribution < 1.29 is 15.6 Å². The van der Waals surface area contributed by atoms with Gasteiger partial charge in [0, 0.05) is 0 Å². The van der Waals surface area contributed by atoms with Gasteiger partial charge in [0.25, 0.3) is 0 Å². The zero-order valence-corrected chi connectivity index (χ0v) is 34.0. The molecule has 42 heavy (non-hydrogen) atoms. The first kappa shape index (κ1) is 34.5. The van der Waals surface area contributed by atoms with Crippen LogP contribution < -0.4 is 0 Å². The monoisotopic (exact) mass is 701 g/mol. The summed E-state index contributed by atoms with van der Waals surface area (Å²) in [7, 11) is 17.5. The van der Waals surface area contributed by atoms with E-state index in [9.17, 15) is 0 Å². The maximum absolute atomic E-state index is 8.76. The molecule has 4 rings (SSSR count). The molecule has 231 valence electrons. The van der Waals surface area contributed by atoms with E-state index in [-0.39, 0.29) is 7.25 Å². The Morgan fingerprint density at radius 3 is 1.10 bits per heavy atom. The van der Waals surface area contributed by atoms with Crippen molar-refractivity contribution >= 4 is 35.1 Å². The van der Waals surface area contributed by atoms with E-state index < -0.39 is 21.5 Å². The molecule has 0 heterocycles. The van der Waals surface area contributed by atoms with E-state index in [4.69, 9.17) is 17.0 Å². The van der Waals surface area contributed by atoms with E-state index in [0.717, 1.165) is 0 Å². The number of allylic oxidation sites excluding steroid dienone is 2. The second-order valence-corrected chi connectivity index (χ2v) is 58.2. The van der Waals surface area contributed by atoms with Gasteiger partial charge in [-0.25, -0.2) is 0 Å². The molecule has 0 amide bonds. The summed E-state index contributed by atoms with van der Waals surface area (Å²) < 4.78 is 0.298. The van der Waals surface area contributed by atoms with Crippen LogP contribution in [0.5, 0.6) is 0 Å². The van der Waals surface area contributed by atoms with Crippen molar-refractivity contribution in [3.63, 3.8) is 0 Å². The molecule has 2 aliphatic rings. The third-order valence-electron chi connectivity index (χ3n) is 10.6. The first-order valence-corrected chi connectivity index (χ1v) is 33.0. The summed E-state index contributed by atoms with van der Waals surface area (Å²) >= 11 is -4.82. The van der Waals surface area contributed by atoms with Gasteiger partial charge in [0.05, 0.1) is 0 Å². The SMILES string of the molecule is CC(C)C1=Cc2c(C(C)C)cc(C(C)C)cc2[CH]1[Zr]([Cl])([Cl])([CH]1C(C(C)C)=Cc2c(C(C)C)cc(C(C)C)cc21)[SiH](C)C. The van der Waals surface area contributed by atoms with Gasteiger partial charge in [-0.05, 0) is 0 Å². The van der Waals surface area contributed by atoms with Crippen LogP contribution in [0.25, 0.3) is 12.2 Å². The summed E-state index contributed by atoms with van der Waals surface area (Å²) in [6, 6.07) is 9.99. The second-order valence-electron chi connectivity index (χ2n) is 15.7. The Kier molecular flexibility index (Phi) is 9.91. The molecule has 2 unspecified atom stereocenters. The molecular formula is C38H57Cl2SiZr. The molecule has 0 aliphatic heterocycles. The fraction of sp³-hybridized carbons (Fsp3) is 0.579. The van der Waals surface area contributed by atoms with Crippen molar-refractivity contribution in [1.29, 1.82) is 0 Å². The third kappa shape index (κ3) is 5.50. The molecule has 0 aromatic heterocycles. The third-order valence-corrected chi connectivity index (χ3v) is 62.2. The first-order valence-electron chi connectivity index (χ1n) is 16.7. The Hall–Kier alpha value is -0.400. The molecule has 2 aromatic carbocycles. The fourth-order valence-electron chi connectivity index (χ4n) is 7.80. The van der Waals surface area contributed by atoms with Gasteiger partial charge in [-0.3, -0.25) is 0 Å². The summed E-state index contributed by atoms with van der Waals surface area (Å²) in [6.07, 6.45) is 5.08. The summed E-state index contributed by atoms with van der Waals surface area (Å²) in [5, 5.41) is 0. The second kappa shape index (κ2) is 12.1. The molecule has 0 saturated heterocycles. The quantitative estimate of drug-likeness (QED) is 0.228. The van der Waals surface area contributed by atoms with Crippen LogP contribution in [0.2, 0.25) is 13.1 Å². The average Bonchev–Trinajstić information content (AvgIpc) is 3.47. The van der Waals surface area contributed by atoms with E-state index in [2.05, 4.69) is 133 Å². The molecule has 2 aromatic rings. The van der Waals surface area contributed by atoms with Crippen molar-refractivity contribution in [2.24, 2.45) is 11.8 Å². The predicted molar refractivity (Wildman–Crippen MR) is 191 cm³/mol. The van der Waals surface area contributed by atoms with Crippen LogP contribution in [0.4, 0.5) is 0 Å². The van der Waals surface area contributed by atoms with Crippen LogP contribution in [0.3, 0.4) is 0 Å². The van der Waals surface area contributed by atoms with Gasteiger partial charge < -0.3 is 0 Å². The van der Waals surface area contributed by atoms with Gasteiger partial charge in [-0.1, -0.05) is 0 Å². The Balaban J connectivity index is 2.16.